The Bertz CT molecular complexity index is 765. The van der Waals surface area contributed by atoms with Crippen LogP contribution in [-0.2, 0) is 0 Å². The summed E-state index contributed by atoms with van der Waals surface area (Å²) in [6, 6.07) is 9.59. The molecule has 0 aliphatic carbocycles. The van der Waals surface area contributed by atoms with Crippen molar-refractivity contribution in [2.24, 2.45) is 0 Å². The van der Waals surface area contributed by atoms with E-state index in [-0.39, 0.29) is 5.69 Å². The van der Waals surface area contributed by atoms with Crippen LogP contribution in [0.5, 0.6) is 0 Å². The summed E-state index contributed by atoms with van der Waals surface area (Å²) in [5.41, 5.74) is 1.39. The van der Waals surface area contributed by atoms with Crippen molar-refractivity contribution in [1.29, 1.82) is 0 Å². The van der Waals surface area contributed by atoms with Gasteiger partial charge in [-0.2, -0.15) is 0 Å². The highest BCUT2D eigenvalue weighted by Gasteiger charge is 2.05. The first-order valence-electron chi connectivity index (χ1n) is 4.48. The molecular weight excluding hydrogens is 210 g/mol. The van der Waals surface area contributed by atoms with Crippen molar-refractivity contribution in [1.82, 2.24) is 14.6 Å². The average molecular weight is 217 g/mol. The molecule has 0 unspecified atom stereocenters. The van der Waals surface area contributed by atoms with Gasteiger partial charge in [0, 0.05) is 5.39 Å². The van der Waals surface area contributed by atoms with Gasteiger partial charge in [-0.3, -0.25) is 14.6 Å². The third-order valence-electron chi connectivity index (χ3n) is 2.43. The second kappa shape index (κ2) is 2.80. The minimum atomic E-state index is -0.209. The van der Waals surface area contributed by atoms with Crippen molar-refractivity contribution < 1.29 is 0 Å². The Kier molecular flexibility index (Phi) is 1.58. The molecule has 4 nitrogen and oxygen atoms in total. The minimum absolute atomic E-state index is 0.209. The molecule has 2 heterocycles. The first kappa shape index (κ1) is 8.43. The van der Waals surface area contributed by atoms with Gasteiger partial charge in [0.25, 0.3) is 0 Å². The number of hydrogen-bond donors (Lipinski definition) is 2. The number of fused-ring (bicyclic) bond motifs is 3. The van der Waals surface area contributed by atoms with E-state index in [1.165, 1.54) is 0 Å². The van der Waals surface area contributed by atoms with Crippen LogP contribution in [0.15, 0.2) is 35.1 Å². The zero-order valence-electron chi connectivity index (χ0n) is 7.65. The number of H-pyrrole nitrogens is 2. The Morgan fingerprint density at radius 2 is 1.93 bits per heavy atom. The lowest BCUT2D eigenvalue weighted by Crippen LogP contribution is -2.17. The predicted molar refractivity (Wildman–Crippen MR) is 60.7 cm³/mol. The zero-order chi connectivity index (χ0) is 10.4. The van der Waals surface area contributed by atoms with Gasteiger partial charge in [-0.15, -0.1) is 0 Å². The van der Waals surface area contributed by atoms with Crippen molar-refractivity contribution in [3.8, 4) is 0 Å². The van der Waals surface area contributed by atoms with Crippen LogP contribution in [0.1, 0.15) is 0 Å². The molecule has 2 aromatic heterocycles. The van der Waals surface area contributed by atoms with Gasteiger partial charge in [0.2, 0.25) is 0 Å². The molecule has 0 aliphatic rings. The molecule has 3 rings (SSSR count). The predicted octanol–water partition coefficient (Wildman–Crippen LogP) is 1.84. The van der Waals surface area contributed by atoms with Crippen LogP contribution in [-0.4, -0.2) is 14.6 Å². The first-order valence-corrected chi connectivity index (χ1v) is 4.89. The lowest BCUT2D eigenvalue weighted by molar-refractivity contribution is 0.894. The lowest BCUT2D eigenvalue weighted by atomic mass is 10.2. The van der Waals surface area contributed by atoms with Crippen LogP contribution < -0.4 is 5.69 Å². The lowest BCUT2D eigenvalue weighted by Gasteiger charge is -1.94. The molecule has 0 saturated carbocycles. The third-order valence-corrected chi connectivity index (χ3v) is 2.74. The Balaban J connectivity index is 2.79. The van der Waals surface area contributed by atoms with Crippen molar-refractivity contribution >= 4 is 28.6 Å². The number of nitrogens with one attached hydrogen (secondary N) is 2. The fourth-order valence-electron chi connectivity index (χ4n) is 1.77. The molecule has 0 fully saturated rings. The summed E-state index contributed by atoms with van der Waals surface area (Å²) in [6.45, 7) is 0. The van der Waals surface area contributed by atoms with Crippen LogP contribution in [0.4, 0.5) is 0 Å². The Hall–Kier alpha value is -1.88. The molecule has 0 amide bonds. The molecule has 0 atom stereocenters. The van der Waals surface area contributed by atoms with E-state index in [4.69, 9.17) is 12.2 Å². The summed E-state index contributed by atoms with van der Waals surface area (Å²) in [7, 11) is 0. The van der Waals surface area contributed by atoms with Crippen LogP contribution in [0, 0.1) is 4.64 Å². The number of nitrogens with zero attached hydrogens (tertiary/aromatic N) is 1. The number of hydrogen-bond acceptors (Lipinski definition) is 2. The largest absolute Gasteiger partial charge is 0.345 e. The molecule has 0 radical (unpaired) electrons. The number of benzene rings is 1. The van der Waals surface area contributed by atoms with Gasteiger partial charge < -0.3 is 0 Å². The van der Waals surface area contributed by atoms with Crippen LogP contribution in [0.2, 0.25) is 0 Å². The molecule has 2 N–H and O–H groups in total. The Labute approximate surface area is 89.2 Å². The van der Waals surface area contributed by atoms with E-state index in [1.807, 2.05) is 30.3 Å². The highest BCUT2D eigenvalue weighted by Crippen LogP contribution is 2.17. The van der Waals surface area contributed by atoms with Gasteiger partial charge in [0.15, 0.2) is 0 Å². The second-order valence-electron chi connectivity index (χ2n) is 3.31. The quantitative estimate of drug-likeness (QED) is 0.564. The molecule has 0 bridgehead atoms. The number of rotatable bonds is 0. The van der Waals surface area contributed by atoms with Crippen molar-refractivity contribution in [2.75, 3.05) is 0 Å². The number of para-hydroxylation sites is 1. The summed E-state index contributed by atoms with van der Waals surface area (Å²) < 4.78 is 2.11. The smallest absolute Gasteiger partial charge is 0.285 e. The molecule has 74 valence electrons. The standard InChI is InChI=1S/C10H7N3OS/c14-10-12-11-9(15)8-5-6-3-1-2-4-7(6)13(8)10/h1-5H,(H,11,15)(H,12,14). The summed E-state index contributed by atoms with van der Waals surface area (Å²) in [5, 5.41) is 6.17. The minimum Gasteiger partial charge on any atom is -0.285 e. The normalized spacial score (nSPS) is 11.2. The fraction of sp³-hybridized carbons (Fsp3) is 0. The fourth-order valence-corrected chi connectivity index (χ4v) is 1.97. The van der Waals surface area contributed by atoms with Crippen LogP contribution >= 0.6 is 12.2 Å². The maximum atomic E-state index is 11.6. The summed E-state index contributed by atoms with van der Waals surface area (Å²) in [6.07, 6.45) is 0. The van der Waals surface area contributed by atoms with E-state index in [0.29, 0.717) is 4.64 Å². The SMILES string of the molecule is O=c1[nH][nH]c(=S)c2cc3ccccc3n12. The molecule has 0 spiro atoms. The summed E-state index contributed by atoms with van der Waals surface area (Å²) in [4.78, 5) is 11.6. The third kappa shape index (κ3) is 1.07. The van der Waals surface area contributed by atoms with E-state index in [1.54, 1.807) is 4.40 Å². The summed E-state index contributed by atoms with van der Waals surface area (Å²) in [5.74, 6) is 0. The second-order valence-corrected chi connectivity index (χ2v) is 3.72. The summed E-state index contributed by atoms with van der Waals surface area (Å²) >= 11 is 5.11. The van der Waals surface area contributed by atoms with E-state index < -0.39 is 0 Å². The Morgan fingerprint density at radius 3 is 2.80 bits per heavy atom. The van der Waals surface area contributed by atoms with Gasteiger partial charge in [-0.05, 0) is 12.1 Å². The Morgan fingerprint density at radius 1 is 1.13 bits per heavy atom. The van der Waals surface area contributed by atoms with E-state index >= 15 is 0 Å². The van der Waals surface area contributed by atoms with E-state index in [9.17, 15) is 4.79 Å². The van der Waals surface area contributed by atoms with Crippen LogP contribution in [0.3, 0.4) is 0 Å². The molecule has 15 heavy (non-hydrogen) atoms. The zero-order valence-corrected chi connectivity index (χ0v) is 8.47. The van der Waals surface area contributed by atoms with E-state index in [0.717, 1.165) is 16.4 Å². The van der Waals surface area contributed by atoms with E-state index in [2.05, 4.69) is 10.2 Å². The van der Waals surface area contributed by atoms with Gasteiger partial charge in [-0.1, -0.05) is 30.4 Å². The molecule has 0 saturated heterocycles. The molecule has 1 aromatic carbocycles. The molecular formula is C10H7N3OS. The highest BCUT2D eigenvalue weighted by atomic mass is 32.1. The molecule has 3 aromatic rings. The maximum Gasteiger partial charge on any atom is 0.345 e. The van der Waals surface area contributed by atoms with Crippen molar-refractivity contribution in [3.63, 3.8) is 0 Å². The molecule has 5 heteroatoms. The van der Waals surface area contributed by atoms with Gasteiger partial charge in [0.1, 0.15) is 4.64 Å². The van der Waals surface area contributed by atoms with Gasteiger partial charge >= 0.3 is 5.69 Å². The maximum absolute atomic E-state index is 11.6. The van der Waals surface area contributed by atoms with Crippen LogP contribution in [0.25, 0.3) is 16.4 Å². The van der Waals surface area contributed by atoms with Gasteiger partial charge in [0.05, 0.1) is 11.0 Å². The average Bonchev–Trinajstić information content (AvgIpc) is 2.64. The number of aromatic amines is 2. The first-order chi connectivity index (χ1) is 7.27. The van der Waals surface area contributed by atoms with Crippen molar-refractivity contribution in [2.45, 2.75) is 0 Å². The highest BCUT2D eigenvalue weighted by molar-refractivity contribution is 7.71. The topological polar surface area (TPSA) is 53.1 Å². The molecule has 0 aliphatic heterocycles. The monoisotopic (exact) mass is 217 g/mol. The van der Waals surface area contributed by atoms with Crippen molar-refractivity contribution in [3.05, 3.63) is 45.5 Å². The number of aromatic nitrogens is 3. The van der Waals surface area contributed by atoms with Gasteiger partial charge in [-0.25, -0.2) is 4.79 Å².